The lowest BCUT2D eigenvalue weighted by atomic mass is 10.1. The van der Waals surface area contributed by atoms with Crippen molar-refractivity contribution in [3.05, 3.63) is 29.3 Å². The molecule has 1 aromatic rings. The van der Waals surface area contributed by atoms with Gasteiger partial charge in [-0.25, -0.2) is 0 Å². The Kier molecular flexibility index (Phi) is 6.36. The highest BCUT2D eigenvalue weighted by molar-refractivity contribution is 7.99. The number of nitrogens with zero attached hydrogens (tertiary/aromatic N) is 1. The highest BCUT2D eigenvalue weighted by atomic mass is 32.2. The first-order chi connectivity index (χ1) is 9.70. The second kappa shape index (κ2) is 8.03. The van der Waals surface area contributed by atoms with Crippen molar-refractivity contribution in [2.24, 2.45) is 0 Å². The molecule has 1 aromatic carbocycles. The predicted octanol–water partition coefficient (Wildman–Crippen LogP) is 2.44. The topological polar surface area (TPSA) is 35.5 Å². The minimum atomic E-state index is -0.382. The summed E-state index contributed by atoms with van der Waals surface area (Å²) in [6.07, 6.45) is 0.777. The molecule has 1 atom stereocenters. The van der Waals surface area contributed by atoms with Gasteiger partial charge in [0.25, 0.3) is 0 Å². The van der Waals surface area contributed by atoms with E-state index in [1.54, 1.807) is 0 Å². The summed E-state index contributed by atoms with van der Waals surface area (Å²) in [5.74, 6) is 1.11. The number of aliphatic hydroxyl groups is 1. The molecule has 1 aliphatic heterocycles. The molecule has 20 heavy (non-hydrogen) atoms. The van der Waals surface area contributed by atoms with E-state index in [2.05, 4.69) is 42.3 Å². The number of rotatable bonds is 6. The molecular weight excluding hydrogens is 268 g/mol. The van der Waals surface area contributed by atoms with Gasteiger partial charge in [0, 0.05) is 37.6 Å². The molecule has 1 fully saturated rings. The zero-order chi connectivity index (χ0) is 14.4. The summed E-state index contributed by atoms with van der Waals surface area (Å²) in [7, 11) is 0. The van der Waals surface area contributed by atoms with Crippen LogP contribution in [0.4, 0.5) is 0 Å². The molecule has 3 nitrogen and oxygen atoms in total. The summed E-state index contributed by atoms with van der Waals surface area (Å²) in [6.45, 7) is 9.13. The monoisotopic (exact) mass is 294 g/mol. The van der Waals surface area contributed by atoms with Crippen LogP contribution < -0.4 is 5.32 Å². The van der Waals surface area contributed by atoms with Crippen molar-refractivity contribution in [3.8, 4) is 0 Å². The van der Waals surface area contributed by atoms with E-state index in [9.17, 15) is 5.11 Å². The quantitative estimate of drug-likeness (QED) is 0.790. The summed E-state index contributed by atoms with van der Waals surface area (Å²) in [6, 6.07) is 6.44. The van der Waals surface area contributed by atoms with Crippen LogP contribution in [0.5, 0.6) is 0 Å². The van der Waals surface area contributed by atoms with Crippen LogP contribution in [0, 0.1) is 6.92 Å². The van der Waals surface area contributed by atoms with E-state index in [1.165, 1.54) is 10.5 Å². The van der Waals surface area contributed by atoms with Crippen molar-refractivity contribution in [1.29, 1.82) is 0 Å². The molecule has 1 saturated heterocycles. The number of β-amino-alcohol motifs (C(OH)–C–C–N with tert-alkyl or cyclic N) is 1. The third kappa shape index (κ3) is 4.48. The summed E-state index contributed by atoms with van der Waals surface area (Å²) in [5, 5.41) is 14.0. The molecule has 0 saturated carbocycles. The van der Waals surface area contributed by atoms with Gasteiger partial charge < -0.3 is 10.4 Å². The molecule has 2 rings (SSSR count). The molecule has 4 heteroatoms. The minimum absolute atomic E-state index is 0.382. The normalized spacial score (nSPS) is 18.1. The minimum Gasteiger partial charge on any atom is -0.387 e. The zero-order valence-electron chi connectivity index (χ0n) is 12.6. The third-order valence-corrected chi connectivity index (χ3v) is 4.92. The standard InChI is InChI=1S/C16H26N2OS/c1-3-10-20-16-5-4-13(2)11-14(16)15(19)12-18-8-6-17-7-9-18/h4-5,11,15,17,19H,3,6-10,12H2,1-2H3. The Morgan fingerprint density at radius 1 is 1.35 bits per heavy atom. The van der Waals surface area contributed by atoms with Crippen LogP contribution >= 0.6 is 11.8 Å². The van der Waals surface area contributed by atoms with Crippen molar-refractivity contribution in [2.45, 2.75) is 31.3 Å². The highest BCUT2D eigenvalue weighted by Gasteiger charge is 2.18. The second-order valence-electron chi connectivity index (χ2n) is 5.46. The van der Waals surface area contributed by atoms with Crippen LogP contribution in [0.1, 0.15) is 30.6 Å². The second-order valence-corrected chi connectivity index (χ2v) is 6.59. The molecule has 0 aliphatic carbocycles. The fourth-order valence-corrected chi connectivity index (χ4v) is 3.46. The number of benzene rings is 1. The number of aryl methyl sites for hydroxylation is 1. The summed E-state index contributed by atoms with van der Waals surface area (Å²) < 4.78 is 0. The third-order valence-electron chi connectivity index (χ3n) is 3.63. The van der Waals surface area contributed by atoms with Crippen LogP contribution in [0.3, 0.4) is 0 Å². The van der Waals surface area contributed by atoms with Crippen LogP contribution in [0.15, 0.2) is 23.1 Å². The van der Waals surface area contributed by atoms with Crippen molar-refractivity contribution in [3.63, 3.8) is 0 Å². The summed E-state index contributed by atoms with van der Waals surface area (Å²) in [4.78, 5) is 3.58. The number of nitrogens with one attached hydrogen (secondary N) is 1. The maximum absolute atomic E-state index is 10.6. The molecule has 0 radical (unpaired) electrons. The fourth-order valence-electron chi connectivity index (χ4n) is 2.51. The van der Waals surface area contributed by atoms with Gasteiger partial charge in [-0.15, -0.1) is 11.8 Å². The smallest absolute Gasteiger partial charge is 0.0927 e. The number of aliphatic hydroxyl groups excluding tert-OH is 1. The van der Waals surface area contributed by atoms with Gasteiger partial charge in [0.15, 0.2) is 0 Å². The number of hydrogen-bond donors (Lipinski definition) is 2. The van der Waals surface area contributed by atoms with Crippen LogP contribution in [-0.4, -0.2) is 48.5 Å². The van der Waals surface area contributed by atoms with Crippen LogP contribution in [0.2, 0.25) is 0 Å². The molecule has 1 aliphatic rings. The van der Waals surface area contributed by atoms with Crippen molar-refractivity contribution < 1.29 is 5.11 Å². The highest BCUT2D eigenvalue weighted by Crippen LogP contribution is 2.29. The Morgan fingerprint density at radius 3 is 2.80 bits per heavy atom. The lowest BCUT2D eigenvalue weighted by molar-refractivity contribution is 0.104. The maximum Gasteiger partial charge on any atom is 0.0927 e. The van der Waals surface area contributed by atoms with Crippen LogP contribution in [-0.2, 0) is 0 Å². The largest absolute Gasteiger partial charge is 0.387 e. The van der Waals surface area contributed by atoms with Gasteiger partial charge in [-0.05, 0) is 30.7 Å². The molecule has 1 unspecified atom stereocenters. The fraction of sp³-hybridized carbons (Fsp3) is 0.625. The Bertz CT molecular complexity index is 419. The number of thioether (sulfide) groups is 1. The molecule has 2 N–H and O–H groups in total. The molecule has 112 valence electrons. The Balaban J connectivity index is 2.06. The van der Waals surface area contributed by atoms with Crippen molar-refractivity contribution >= 4 is 11.8 Å². The van der Waals surface area contributed by atoms with Gasteiger partial charge in [-0.2, -0.15) is 0 Å². The van der Waals surface area contributed by atoms with E-state index in [1.807, 2.05) is 11.8 Å². The molecule has 0 spiro atoms. The first kappa shape index (κ1) is 15.8. The lowest BCUT2D eigenvalue weighted by Crippen LogP contribution is -2.45. The first-order valence-electron chi connectivity index (χ1n) is 7.55. The maximum atomic E-state index is 10.6. The van der Waals surface area contributed by atoms with Gasteiger partial charge in [0.05, 0.1) is 6.10 Å². The Hall–Kier alpha value is -0.550. The van der Waals surface area contributed by atoms with Gasteiger partial charge >= 0.3 is 0 Å². The zero-order valence-corrected chi connectivity index (χ0v) is 13.4. The molecule has 0 bridgehead atoms. The van der Waals surface area contributed by atoms with Gasteiger partial charge in [-0.3, -0.25) is 4.90 Å². The summed E-state index contributed by atoms with van der Waals surface area (Å²) >= 11 is 1.86. The summed E-state index contributed by atoms with van der Waals surface area (Å²) in [5.41, 5.74) is 2.32. The first-order valence-corrected chi connectivity index (χ1v) is 8.53. The van der Waals surface area contributed by atoms with E-state index in [0.717, 1.165) is 50.5 Å². The van der Waals surface area contributed by atoms with Gasteiger partial charge in [0.1, 0.15) is 0 Å². The molecule has 1 heterocycles. The van der Waals surface area contributed by atoms with Crippen LogP contribution in [0.25, 0.3) is 0 Å². The molecule has 0 aromatic heterocycles. The molecular formula is C16H26N2OS. The number of piperazine rings is 1. The van der Waals surface area contributed by atoms with E-state index < -0.39 is 0 Å². The van der Waals surface area contributed by atoms with E-state index in [0.29, 0.717) is 0 Å². The average molecular weight is 294 g/mol. The SMILES string of the molecule is CCCSc1ccc(C)cc1C(O)CN1CCNCC1. The number of hydrogen-bond acceptors (Lipinski definition) is 4. The van der Waals surface area contributed by atoms with Crippen molar-refractivity contribution in [2.75, 3.05) is 38.5 Å². The van der Waals surface area contributed by atoms with E-state index >= 15 is 0 Å². The Morgan fingerprint density at radius 2 is 2.10 bits per heavy atom. The van der Waals surface area contributed by atoms with E-state index in [4.69, 9.17) is 0 Å². The molecule has 0 amide bonds. The van der Waals surface area contributed by atoms with Crippen molar-refractivity contribution in [1.82, 2.24) is 10.2 Å². The lowest BCUT2D eigenvalue weighted by Gasteiger charge is -2.29. The van der Waals surface area contributed by atoms with E-state index in [-0.39, 0.29) is 6.10 Å². The Labute approximate surface area is 126 Å². The van der Waals surface area contributed by atoms with Gasteiger partial charge in [-0.1, -0.05) is 24.6 Å². The van der Waals surface area contributed by atoms with Gasteiger partial charge in [0.2, 0.25) is 0 Å². The average Bonchev–Trinajstić information content (AvgIpc) is 2.47. The predicted molar refractivity (Wildman–Crippen MR) is 86.5 cm³/mol.